The van der Waals surface area contributed by atoms with Crippen LogP contribution in [0.2, 0.25) is 0 Å². The molecule has 24 heavy (non-hydrogen) atoms. The van der Waals surface area contributed by atoms with E-state index in [2.05, 4.69) is 75.4 Å². The number of hydrogen-bond donors (Lipinski definition) is 0. The minimum absolute atomic E-state index is 0.181. The molecule has 0 saturated heterocycles. The molecule has 0 fully saturated rings. The summed E-state index contributed by atoms with van der Waals surface area (Å²) in [6, 6.07) is 20.0. The van der Waals surface area contributed by atoms with Crippen LogP contribution in [0.3, 0.4) is 0 Å². The maximum absolute atomic E-state index is 2.39. The van der Waals surface area contributed by atoms with Gasteiger partial charge in [0.15, 0.2) is 0 Å². The van der Waals surface area contributed by atoms with Gasteiger partial charge in [0.1, 0.15) is 0 Å². The van der Waals surface area contributed by atoms with Gasteiger partial charge in [0, 0.05) is 0 Å². The number of unbranched alkanes of at least 4 members (excludes halogenated alkanes) is 5. The predicted molar refractivity (Wildman–Crippen MR) is 107 cm³/mol. The molecule has 0 N–H and O–H groups in total. The highest BCUT2D eigenvalue weighted by atomic mass is 14.3. The predicted octanol–water partition coefficient (Wildman–Crippen LogP) is 7.11. The minimum Gasteiger partial charge on any atom is -0.0654 e. The Labute approximate surface area is 149 Å². The molecule has 0 atom stereocenters. The van der Waals surface area contributed by atoms with E-state index in [1.165, 1.54) is 56.1 Å². The van der Waals surface area contributed by atoms with Gasteiger partial charge in [-0.2, -0.15) is 0 Å². The molecule has 0 radical (unpaired) electrons. The topological polar surface area (TPSA) is 0 Å². The molecule has 0 nitrogen and oxygen atoms in total. The molecule has 2 rings (SSSR count). The Morgan fingerprint density at radius 2 is 1.33 bits per heavy atom. The summed E-state index contributed by atoms with van der Waals surface area (Å²) in [6.45, 7) is 7.06. The fourth-order valence-corrected chi connectivity index (χ4v) is 3.70. The lowest BCUT2D eigenvalue weighted by Gasteiger charge is -2.28. The fraction of sp³-hybridized carbons (Fsp3) is 0.500. The first-order chi connectivity index (χ1) is 11.6. The molecule has 0 spiro atoms. The lowest BCUT2D eigenvalue weighted by Crippen LogP contribution is -2.22. The van der Waals surface area contributed by atoms with Crippen LogP contribution in [0.15, 0.2) is 54.6 Å². The van der Waals surface area contributed by atoms with Crippen molar-refractivity contribution in [3.63, 3.8) is 0 Å². The normalized spacial score (nSPS) is 11.6. The van der Waals surface area contributed by atoms with E-state index in [1.54, 1.807) is 5.56 Å². The van der Waals surface area contributed by atoms with Crippen LogP contribution in [0, 0.1) is 0 Å². The van der Waals surface area contributed by atoms with Crippen LogP contribution >= 0.6 is 0 Å². The van der Waals surface area contributed by atoms with Crippen LogP contribution in [0.25, 0.3) is 0 Å². The molecule has 2 aromatic carbocycles. The van der Waals surface area contributed by atoms with E-state index in [9.17, 15) is 0 Å². The van der Waals surface area contributed by atoms with Gasteiger partial charge in [0.2, 0.25) is 0 Å². The number of rotatable bonds is 10. The molecule has 0 aliphatic heterocycles. The first kappa shape index (κ1) is 18.8. The molecule has 0 amide bonds. The van der Waals surface area contributed by atoms with Gasteiger partial charge in [0.25, 0.3) is 0 Å². The molecule has 0 aliphatic carbocycles. The van der Waals surface area contributed by atoms with Crippen molar-refractivity contribution in [2.45, 2.75) is 77.6 Å². The Morgan fingerprint density at radius 3 is 2.08 bits per heavy atom. The van der Waals surface area contributed by atoms with Crippen molar-refractivity contribution < 1.29 is 0 Å². The second-order valence-electron chi connectivity index (χ2n) is 7.72. The highest BCUT2D eigenvalue weighted by Gasteiger charge is 2.23. The summed E-state index contributed by atoms with van der Waals surface area (Å²) in [5.74, 6) is 0. The Balaban J connectivity index is 1.99. The van der Waals surface area contributed by atoms with Crippen LogP contribution in [0.4, 0.5) is 0 Å². The van der Waals surface area contributed by atoms with Gasteiger partial charge in [-0.15, -0.1) is 0 Å². The molecular formula is C24H34. The largest absolute Gasteiger partial charge is 0.0654 e. The molecule has 0 heteroatoms. The summed E-state index contributed by atoms with van der Waals surface area (Å²) >= 11 is 0. The van der Waals surface area contributed by atoms with Crippen LogP contribution in [-0.2, 0) is 18.3 Å². The zero-order valence-corrected chi connectivity index (χ0v) is 15.9. The Morgan fingerprint density at radius 1 is 0.708 bits per heavy atom. The average Bonchev–Trinajstić information content (AvgIpc) is 2.59. The Bertz CT molecular complexity index is 580. The molecule has 2 aromatic rings. The van der Waals surface area contributed by atoms with Crippen LogP contribution in [0.1, 0.15) is 76.0 Å². The lowest BCUT2D eigenvalue weighted by atomic mass is 9.76. The van der Waals surface area contributed by atoms with Gasteiger partial charge >= 0.3 is 0 Å². The molecule has 0 saturated carbocycles. The van der Waals surface area contributed by atoms with Gasteiger partial charge in [0.05, 0.1) is 0 Å². The van der Waals surface area contributed by atoms with Crippen molar-refractivity contribution in [3.8, 4) is 0 Å². The maximum Gasteiger partial charge on any atom is -0.00605 e. The number of aryl methyl sites for hydroxylation is 1. The van der Waals surface area contributed by atoms with Gasteiger partial charge in [-0.25, -0.2) is 0 Å². The summed E-state index contributed by atoms with van der Waals surface area (Å²) in [7, 11) is 0. The van der Waals surface area contributed by atoms with Gasteiger partial charge in [-0.05, 0) is 41.4 Å². The highest BCUT2D eigenvalue weighted by molar-refractivity contribution is 5.35. The molecular weight excluding hydrogens is 288 g/mol. The zero-order valence-electron chi connectivity index (χ0n) is 15.9. The third-order valence-corrected chi connectivity index (χ3v) is 5.04. The van der Waals surface area contributed by atoms with E-state index in [1.807, 2.05) is 0 Å². The summed E-state index contributed by atoms with van der Waals surface area (Å²) in [4.78, 5) is 0. The molecule has 130 valence electrons. The first-order valence-electron chi connectivity index (χ1n) is 9.76. The SMILES string of the molecule is CCCCCCCCc1ccccc1C(C)(C)Cc1ccccc1. The van der Waals surface area contributed by atoms with Crippen molar-refractivity contribution in [2.75, 3.05) is 0 Å². The van der Waals surface area contributed by atoms with Crippen molar-refractivity contribution in [3.05, 3.63) is 71.3 Å². The van der Waals surface area contributed by atoms with E-state index in [0.29, 0.717) is 0 Å². The van der Waals surface area contributed by atoms with Crippen molar-refractivity contribution in [1.29, 1.82) is 0 Å². The molecule has 0 aromatic heterocycles. The summed E-state index contributed by atoms with van der Waals surface area (Å²) < 4.78 is 0. The smallest absolute Gasteiger partial charge is 0.00605 e. The quantitative estimate of drug-likeness (QED) is 0.409. The van der Waals surface area contributed by atoms with Crippen LogP contribution in [-0.4, -0.2) is 0 Å². The third kappa shape index (κ3) is 5.82. The molecule has 0 heterocycles. The zero-order chi connectivity index (χ0) is 17.3. The lowest BCUT2D eigenvalue weighted by molar-refractivity contribution is 0.514. The molecule has 0 bridgehead atoms. The number of benzene rings is 2. The average molecular weight is 323 g/mol. The second kappa shape index (κ2) is 9.67. The Hall–Kier alpha value is -1.56. The van der Waals surface area contributed by atoms with Crippen molar-refractivity contribution in [2.24, 2.45) is 0 Å². The van der Waals surface area contributed by atoms with Crippen molar-refractivity contribution >= 4 is 0 Å². The highest BCUT2D eigenvalue weighted by Crippen LogP contribution is 2.31. The van der Waals surface area contributed by atoms with E-state index in [0.717, 1.165) is 6.42 Å². The van der Waals surface area contributed by atoms with Gasteiger partial charge in [-0.3, -0.25) is 0 Å². The number of hydrogen-bond acceptors (Lipinski definition) is 0. The van der Waals surface area contributed by atoms with E-state index in [-0.39, 0.29) is 5.41 Å². The van der Waals surface area contributed by atoms with Crippen molar-refractivity contribution in [1.82, 2.24) is 0 Å². The Kier molecular flexibility index (Phi) is 7.56. The first-order valence-corrected chi connectivity index (χ1v) is 9.76. The monoisotopic (exact) mass is 322 g/mol. The van der Waals surface area contributed by atoms with Crippen LogP contribution < -0.4 is 0 Å². The van der Waals surface area contributed by atoms with E-state index >= 15 is 0 Å². The van der Waals surface area contributed by atoms with Gasteiger partial charge < -0.3 is 0 Å². The fourth-order valence-electron chi connectivity index (χ4n) is 3.70. The van der Waals surface area contributed by atoms with Gasteiger partial charge in [-0.1, -0.05) is 107 Å². The summed E-state index contributed by atoms with van der Waals surface area (Å²) in [6.07, 6.45) is 10.5. The molecule has 0 unspecified atom stereocenters. The summed E-state index contributed by atoms with van der Waals surface area (Å²) in [5, 5.41) is 0. The standard InChI is InChI=1S/C24H34/c1-4-5-6-7-8-12-17-22-18-13-14-19-23(22)24(2,3)20-21-15-10-9-11-16-21/h9-11,13-16,18-19H,4-8,12,17,20H2,1-3H3. The minimum atomic E-state index is 0.181. The summed E-state index contributed by atoms with van der Waals surface area (Å²) in [5.41, 5.74) is 4.69. The van der Waals surface area contributed by atoms with E-state index in [4.69, 9.17) is 0 Å². The van der Waals surface area contributed by atoms with E-state index < -0.39 is 0 Å². The maximum atomic E-state index is 2.39. The second-order valence-corrected chi connectivity index (χ2v) is 7.72. The van der Waals surface area contributed by atoms with Crippen LogP contribution in [0.5, 0.6) is 0 Å². The molecule has 0 aliphatic rings. The third-order valence-electron chi connectivity index (χ3n) is 5.04.